The van der Waals surface area contributed by atoms with Crippen LogP contribution in [0, 0.1) is 10.1 Å². The quantitative estimate of drug-likeness (QED) is 0.591. The Kier molecular flexibility index (Phi) is 4.92. The molecule has 1 aromatic rings. The first-order chi connectivity index (χ1) is 8.69. The Morgan fingerprint density at radius 1 is 1.47 bits per heavy atom. The molecule has 0 fully saturated rings. The van der Waals surface area contributed by atoms with Crippen LogP contribution < -0.4 is 0 Å². The van der Waals surface area contributed by atoms with Gasteiger partial charge in [-0.15, -0.1) is 0 Å². The lowest BCUT2D eigenvalue weighted by atomic mass is 10.1. The van der Waals surface area contributed by atoms with Crippen LogP contribution in [0.5, 0.6) is 0 Å². The van der Waals surface area contributed by atoms with Gasteiger partial charge in [-0.2, -0.15) is 5.10 Å². The second-order valence-electron chi connectivity index (χ2n) is 4.40. The van der Waals surface area contributed by atoms with Crippen LogP contribution in [0.3, 0.4) is 0 Å². The molecule has 19 heavy (non-hydrogen) atoms. The summed E-state index contributed by atoms with van der Waals surface area (Å²) in [7, 11) is -3.17. The maximum atomic E-state index is 11.4. The Bertz CT molecular complexity index is 580. The zero-order valence-electron chi connectivity index (χ0n) is 11.0. The number of nitro groups is 1. The zero-order valence-corrected chi connectivity index (χ0v) is 12.5. The summed E-state index contributed by atoms with van der Waals surface area (Å²) < 4.78 is 24.0. The minimum absolute atomic E-state index is 0.0164. The van der Waals surface area contributed by atoms with Crippen LogP contribution in [-0.2, 0) is 16.4 Å². The number of hydrogen-bond donors (Lipinski definition) is 0. The molecule has 0 unspecified atom stereocenters. The Morgan fingerprint density at radius 3 is 2.42 bits per heavy atom. The fraction of sp³-hybridized carbons (Fsp3) is 0.700. The molecular formula is C10H16ClN3O4S. The van der Waals surface area contributed by atoms with Gasteiger partial charge in [0.15, 0.2) is 9.84 Å². The number of rotatable bonds is 6. The van der Waals surface area contributed by atoms with E-state index < -0.39 is 14.8 Å². The van der Waals surface area contributed by atoms with Gasteiger partial charge >= 0.3 is 5.69 Å². The first-order valence-corrected chi connectivity index (χ1v) is 8.00. The minimum Gasteiger partial charge on any atom is -0.258 e. The van der Waals surface area contributed by atoms with Crippen LogP contribution in [0.2, 0.25) is 5.15 Å². The second-order valence-corrected chi connectivity index (χ2v) is 7.23. The van der Waals surface area contributed by atoms with E-state index in [0.29, 0.717) is 0 Å². The van der Waals surface area contributed by atoms with Crippen molar-refractivity contribution in [1.29, 1.82) is 0 Å². The van der Waals surface area contributed by atoms with Gasteiger partial charge in [0.1, 0.15) is 5.69 Å². The highest BCUT2D eigenvalue weighted by Crippen LogP contribution is 2.32. The Hall–Kier alpha value is -1.15. The van der Waals surface area contributed by atoms with Crippen LogP contribution in [0.15, 0.2) is 0 Å². The topological polar surface area (TPSA) is 95.1 Å². The van der Waals surface area contributed by atoms with Crippen molar-refractivity contribution >= 4 is 27.1 Å². The third kappa shape index (κ3) is 3.66. The molecule has 0 radical (unpaired) electrons. The number of halogens is 1. The van der Waals surface area contributed by atoms with Crippen LogP contribution in [-0.4, -0.2) is 34.6 Å². The van der Waals surface area contributed by atoms with Crippen molar-refractivity contribution in [2.45, 2.75) is 33.2 Å². The second kappa shape index (κ2) is 5.87. The molecule has 9 heteroatoms. The van der Waals surface area contributed by atoms with E-state index in [2.05, 4.69) is 5.10 Å². The van der Waals surface area contributed by atoms with Crippen molar-refractivity contribution in [3.63, 3.8) is 0 Å². The maximum Gasteiger partial charge on any atom is 0.329 e. The largest absolute Gasteiger partial charge is 0.329 e. The van der Waals surface area contributed by atoms with E-state index in [-0.39, 0.29) is 40.5 Å². The van der Waals surface area contributed by atoms with Gasteiger partial charge < -0.3 is 0 Å². The molecule has 1 heterocycles. The highest BCUT2D eigenvalue weighted by molar-refractivity contribution is 7.91. The van der Waals surface area contributed by atoms with Crippen molar-refractivity contribution in [2.24, 2.45) is 0 Å². The molecule has 0 N–H and O–H groups in total. The average Bonchev–Trinajstić information content (AvgIpc) is 2.64. The fourth-order valence-electron chi connectivity index (χ4n) is 1.53. The van der Waals surface area contributed by atoms with Crippen molar-refractivity contribution in [2.75, 3.05) is 11.5 Å². The standard InChI is InChI=1S/C10H16ClN3O4S/c1-4-19(17,18)6-5-13-10(11)9(14(15)16)8(12-13)7(2)3/h7H,4-6H2,1-3H3. The highest BCUT2D eigenvalue weighted by Gasteiger charge is 2.28. The molecule has 0 saturated carbocycles. The lowest BCUT2D eigenvalue weighted by Crippen LogP contribution is -2.15. The smallest absolute Gasteiger partial charge is 0.258 e. The Labute approximate surface area is 116 Å². The van der Waals surface area contributed by atoms with Crippen LogP contribution in [0.25, 0.3) is 0 Å². The molecule has 1 rings (SSSR count). The van der Waals surface area contributed by atoms with Gasteiger partial charge in [-0.3, -0.25) is 10.1 Å². The lowest BCUT2D eigenvalue weighted by Gasteiger charge is -2.02. The Morgan fingerprint density at radius 2 is 2.05 bits per heavy atom. The van der Waals surface area contributed by atoms with E-state index in [4.69, 9.17) is 11.6 Å². The van der Waals surface area contributed by atoms with Crippen LogP contribution >= 0.6 is 11.6 Å². The first kappa shape index (κ1) is 15.9. The van der Waals surface area contributed by atoms with E-state index in [1.807, 2.05) is 0 Å². The molecule has 0 spiro atoms. The van der Waals surface area contributed by atoms with E-state index >= 15 is 0 Å². The highest BCUT2D eigenvalue weighted by atomic mass is 35.5. The van der Waals surface area contributed by atoms with Gasteiger partial charge in [0.05, 0.1) is 17.2 Å². The van der Waals surface area contributed by atoms with Gasteiger partial charge in [0.2, 0.25) is 5.15 Å². The molecule has 0 saturated heterocycles. The van der Waals surface area contributed by atoms with Crippen LogP contribution in [0.1, 0.15) is 32.4 Å². The van der Waals surface area contributed by atoms with Gasteiger partial charge in [0, 0.05) is 11.7 Å². The Balaban J connectivity index is 3.11. The fourth-order valence-corrected chi connectivity index (χ4v) is 2.55. The van der Waals surface area contributed by atoms with Crippen molar-refractivity contribution in [1.82, 2.24) is 9.78 Å². The zero-order chi connectivity index (χ0) is 14.8. The number of nitrogens with zero attached hydrogens (tertiary/aromatic N) is 3. The molecule has 0 amide bonds. The van der Waals surface area contributed by atoms with Gasteiger partial charge in [0.25, 0.3) is 0 Å². The summed E-state index contributed by atoms with van der Waals surface area (Å²) in [6.45, 7) is 5.09. The van der Waals surface area contributed by atoms with Crippen molar-refractivity contribution in [3.05, 3.63) is 21.0 Å². The predicted molar refractivity (Wildman–Crippen MR) is 72.3 cm³/mol. The number of hydrogen-bond acceptors (Lipinski definition) is 5. The first-order valence-electron chi connectivity index (χ1n) is 5.80. The number of aryl methyl sites for hydroxylation is 1. The van der Waals surface area contributed by atoms with Gasteiger partial charge in [-0.05, 0) is 0 Å². The summed E-state index contributed by atoms with van der Waals surface area (Å²) in [4.78, 5) is 10.4. The van der Waals surface area contributed by atoms with Crippen molar-refractivity contribution < 1.29 is 13.3 Å². The van der Waals surface area contributed by atoms with E-state index in [0.717, 1.165) is 0 Å². The number of sulfone groups is 1. The molecule has 0 aliphatic carbocycles. The van der Waals surface area contributed by atoms with Gasteiger partial charge in [-0.1, -0.05) is 32.4 Å². The molecule has 0 atom stereocenters. The van der Waals surface area contributed by atoms with E-state index in [9.17, 15) is 18.5 Å². The minimum atomic E-state index is -3.17. The molecule has 0 aliphatic heterocycles. The van der Waals surface area contributed by atoms with Crippen molar-refractivity contribution in [3.8, 4) is 0 Å². The van der Waals surface area contributed by atoms with E-state index in [1.165, 1.54) is 4.68 Å². The molecule has 0 bridgehead atoms. The SMILES string of the molecule is CCS(=O)(=O)CCn1nc(C(C)C)c([N+](=O)[O-])c1Cl. The third-order valence-electron chi connectivity index (χ3n) is 2.68. The molecular weight excluding hydrogens is 294 g/mol. The molecule has 0 aliphatic rings. The summed E-state index contributed by atoms with van der Waals surface area (Å²) in [6.07, 6.45) is 0. The lowest BCUT2D eigenvalue weighted by molar-refractivity contribution is -0.385. The molecule has 1 aromatic heterocycles. The van der Waals surface area contributed by atoms with E-state index in [1.54, 1.807) is 20.8 Å². The monoisotopic (exact) mass is 309 g/mol. The third-order valence-corrected chi connectivity index (χ3v) is 4.73. The average molecular weight is 310 g/mol. The normalized spacial score (nSPS) is 12.1. The van der Waals surface area contributed by atoms with Crippen LogP contribution in [0.4, 0.5) is 5.69 Å². The summed E-state index contributed by atoms with van der Waals surface area (Å²) in [5.41, 5.74) is 0.0226. The maximum absolute atomic E-state index is 11.4. The number of aromatic nitrogens is 2. The van der Waals surface area contributed by atoms with Gasteiger partial charge in [-0.25, -0.2) is 13.1 Å². The molecule has 7 nitrogen and oxygen atoms in total. The molecule has 108 valence electrons. The summed E-state index contributed by atoms with van der Waals surface area (Å²) in [6, 6.07) is 0. The predicted octanol–water partition coefficient (Wildman–Crippen LogP) is 2.00. The molecule has 0 aromatic carbocycles. The summed E-state index contributed by atoms with van der Waals surface area (Å²) >= 11 is 5.90. The summed E-state index contributed by atoms with van der Waals surface area (Å²) in [5.74, 6) is -0.285. The summed E-state index contributed by atoms with van der Waals surface area (Å²) in [5, 5.41) is 14.9.